The number of aliphatic hydroxyl groups excluding tert-OH is 2. The first-order chi connectivity index (χ1) is 16.9. The highest BCUT2D eigenvalue weighted by Gasteiger charge is 2.73. The second-order valence-electron chi connectivity index (χ2n) is 11.8. The van der Waals surface area contributed by atoms with Crippen molar-refractivity contribution in [1.29, 1.82) is 0 Å². The molecule has 8 heteroatoms. The lowest BCUT2D eigenvalue weighted by molar-refractivity contribution is -0.206. The third kappa shape index (κ3) is 3.65. The minimum atomic E-state index is -1.71. The van der Waals surface area contributed by atoms with Crippen LogP contribution in [-0.2, 0) is 19.1 Å². The summed E-state index contributed by atoms with van der Waals surface area (Å²) < 4.78 is 36.5. The predicted molar refractivity (Wildman–Crippen MR) is 128 cm³/mol. The first-order valence-electron chi connectivity index (χ1n) is 13.2. The van der Waals surface area contributed by atoms with Crippen molar-refractivity contribution in [1.82, 2.24) is 0 Å². The molecule has 0 bridgehead atoms. The van der Waals surface area contributed by atoms with Crippen molar-refractivity contribution >= 4 is 17.5 Å². The summed E-state index contributed by atoms with van der Waals surface area (Å²) in [6.07, 6.45) is 2.78. The van der Waals surface area contributed by atoms with E-state index in [0.29, 0.717) is 12.8 Å². The maximum absolute atomic E-state index is 15.6. The molecule has 0 aromatic heterocycles. The molecule has 3 fully saturated rings. The Kier molecular flexibility index (Phi) is 7.10. The van der Waals surface area contributed by atoms with E-state index < -0.39 is 76.4 Å². The molecule has 0 aromatic carbocycles. The van der Waals surface area contributed by atoms with Crippen LogP contribution in [0.3, 0.4) is 0 Å². The number of rotatable bonds is 7. The van der Waals surface area contributed by atoms with Gasteiger partial charge >= 0.3 is 5.97 Å². The number of halogens is 2. The van der Waals surface area contributed by atoms with Crippen LogP contribution in [0.1, 0.15) is 72.6 Å². The average molecular weight is 509 g/mol. The normalized spacial score (nSPS) is 43.6. The molecule has 0 unspecified atom stereocenters. The number of unbranched alkanes of at least 4 members (excludes halogenated alkanes) is 2. The Morgan fingerprint density at radius 2 is 1.92 bits per heavy atom. The van der Waals surface area contributed by atoms with E-state index >= 15 is 4.39 Å². The first kappa shape index (κ1) is 27.1. The molecular formula is C28H38F2O6. The molecule has 0 radical (unpaired) electrons. The molecule has 4 rings (SSSR count). The zero-order valence-electron chi connectivity index (χ0n) is 21.6. The number of carbonyl (C=O) groups excluding carboxylic acids is 3. The number of allylic oxidation sites excluding steroid dienone is 4. The minimum absolute atomic E-state index is 0.0698. The highest BCUT2D eigenvalue weighted by Crippen LogP contribution is 2.69. The zero-order valence-corrected chi connectivity index (χ0v) is 21.6. The average Bonchev–Trinajstić information content (AvgIpc) is 3.03. The summed E-state index contributed by atoms with van der Waals surface area (Å²) in [6.45, 7) is 6.47. The van der Waals surface area contributed by atoms with Crippen molar-refractivity contribution in [3.63, 3.8) is 0 Å². The smallest absolute Gasteiger partial charge is 0.306 e. The van der Waals surface area contributed by atoms with Gasteiger partial charge in [-0.25, -0.2) is 8.78 Å². The first-order valence-corrected chi connectivity index (χ1v) is 13.2. The molecule has 4 aliphatic carbocycles. The van der Waals surface area contributed by atoms with Crippen molar-refractivity contribution in [3.8, 4) is 0 Å². The van der Waals surface area contributed by atoms with Crippen LogP contribution in [0.2, 0.25) is 0 Å². The lowest BCUT2D eigenvalue weighted by atomic mass is 9.45. The molecule has 4 aliphatic rings. The van der Waals surface area contributed by atoms with Crippen LogP contribution in [0.4, 0.5) is 8.78 Å². The topological polar surface area (TPSA) is 101 Å². The molecule has 0 aromatic rings. The van der Waals surface area contributed by atoms with Gasteiger partial charge in [0.2, 0.25) is 11.6 Å². The second-order valence-corrected chi connectivity index (χ2v) is 11.8. The molecule has 0 heterocycles. The Labute approximate surface area is 211 Å². The fraction of sp³-hybridized carbons (Fsp3) is 0.750. The van der Waals surface area contributed by atoms with Gasteiger partial charge in [0.1, 0.15) is 12.8 Å². The van der Waals surface area contributed by atoms with Crippen molar-refractivity contribution in [2.45, 2.75) is 90.5 Å². The number of ketones is 2. The number of carbonyl (C=O) groups is 3. The van der Waals surface area contributed by atoms with Crippen molar-refractivity contribution in [2.24, 2.45) is 34.5 Å². The zero-order chi connectivity index (χ0) is 26.6. The molecule has 0 saturated heterocycles. The number of aliphatic hydroxyl groups is 2. The van der Waals surface area contributed by atoms with Crippen LogP contribution in [0.25, 0.3) is 0 Å². The van der Waals surface area contributed by atoms with E-state index in [1.807, 2.05) is 6.92 Å². The lowest BCUT2D eigenvalue weighted by Gasteiger charge is -2.60. The lowest BCUT2D eigenvalue weighted by Crippen LogP contribution is -2.65. The van der Waals surface area contributed by atoms with Gasteiger partial charge in [-0.05, 0) is 43.6 Å². The molecule has 0 aliphatic heterocycles. The standard InChI is InChI=1S/C28H38F2O6/c1-5-6-7-8-22(35)36-28(21(34)14-31)15(2)11-17-16-12-18(29)24-25(30)19(32)9-10-26(24,3)23(16)20(33)13-27(17,28)4/h9-10,15-18,20,23,31,33H,5-8,11-14H2,1-4H3/t15-,16-,17-,18-,20-,23+,26+,27-,28+/m0/s1. The number of fused-ring (bicyclic) bond motifs is 5. The summed E-state index contributed by atoms with van der Waals surface area (Å²) in [5.74, 6) is -4.86. The second kappa shape index (κ2) is 9.43. The van der Waals surface area contributed by atoms with Gasteiger partial charge in [0.25, 0.3) is 0 Å². The van der Waals surface area contributed by atoms with E-state index in [0.717, 1.165) is 18.9 Å². The number of hydrogen-bond donors (Lipinski definition) is 2. The number of esters is 1. The summed E-state index contributed by atoms with van der Waals surface area (Å²) >= 11 is 0. The van der Waals surface area contributed by atoms with Crippen molar-refractivity contribution < 1.29 is 38.1 Å². The number of Topliss-reactive ketones (excluding diaryl/α,β-unsaturated/α-hetero) is 1. The van der Waals surface area contributed by atoms with Crippen LogP contribution in [0, 0.1) is 34.5 Å². The summed E-state index contributed by atoms with van der Waals surface area (Å²) in [5, 5.41) is 21.5. The summed E-state index contributed by atoms with van der Waals surface area (Å²) in [7, 11) is 0. The molecule has 9 atom stereocenters. The van der Waals surface area contributed by atoms with Crippen LogP contribution in [0.5, 0.6) is 0 Å². The summed E-state index contributed by atoms with van der Waals surface area (Å²) in [5.41, 5.74) is -4.08. The van der Waals surface area contributed by atoms with Gasteiger partial charge in [-0.2, -0.15) is 0 Å². The molecule has 3 saturated carbocycles. The van der Waals surface area contributed by atoms with E-state index in [9.17, 15) is 29.0 Å². The summed E-state index contributed by atoms with van der Waals surface area (Å²) in [6, 6.07) is 0. The molecule has 6 nitrogen and oxygen atoms in total. The van der Waals surface area contributed by atoms with Crippen LogP contribution >= 0.6 is 0 Å². The van der Waals surface area contributed by atoms with Crippen LogP contribution < -0.4 is 0 Å². The fourth-order valence-electron chi connectivity index (χ4n) is 8.49. The Balaban J connectivity index is 1.76. The monoisotopic (exact) mass is 508 g/mol. The van der Waals surface area contributed by atoms with E-state index in [-0.39, 0.29) is 30.8 Å². The quantitative estimate of drug-likeness (QED) is 0.395. The van der Waals surface area contributed by atoms with Crippen molar-refractivity contribution in [3.05, 3.63) is 23.6 Å². The maximum atomic E-state index is 15.6. The highest BCUT2D eigenvalue weighted by molar-refractivity contribution is 6.04. The molecule has 0 spiro atoms. The largest absolute Gasteiger partial charge is 0.450 e. The van der Waals surface area contributed by atoms with Crippen LogP contribution in [-0.4, -0.2) is 52.2 Å². The Hall–Kier alpha value is -1.93. The Morgan fingerprint density at radius 1 is 1.22 bits per heavy atom. The van der Waals surface area contributed by atoms with Crippen LogP contribution in [0.15, 0.2) is 23.6 Å². The van der Waals surface area contributed by atoms with E-state index in [1.54, 1.807) is 20.8 Å². The molecule has 36 heavy (non-hydrogen) atoms. The van der Waals surface area contributed by atoms with Crippen molar-refractivity contribution in [2.75, 3.05) is 6.61 Å². The maximum Gasteiger partial charge on any atom is 0.306 e. The van der Waals surface area contributed by atoms with Gasteiger partial charge in [0.05, 0.1) is 6.10 Å². The molecule has 2 N–H and O–H groups in total. The van der Waals surface area contributed by atoms with Gasteiger partial charge < -0.3 is 14.9 Å². The van der Waals surface area contributed by atoms with Gasteiger partial charge in [-0.1, -0.05) is 46.6 Å². The fourth-order valence-corrected chi connectivity index (χ4v) is 8.49. The SMILES string of the molecule is CCCCCC(=O)O[C@@]1(C(=O)CO)[C@@H](C)C[C@H]2[C@@H]3C[C@H](F)C4=C(F)C(=O)C=C[C@]4(C)[C@H]3[C@@H](O)C[C@@]21C. The van der Waals surface area contributed by atoms with E-state index in [4.69, 9.17) is 4.74 Å². The molecule has 0 amide bonds. The Morgan fingerprint density at radius 3 is 2.56 bits per heavy atom. The Bertz CT molecular complexity index is 1010. The number of alkyl halides is 1. The van der Waals surface area contributed by atoms with Gasteiger partial charge in [-0.3, -0.25) is 14.4 Å². The number of ether oxygens (including phenoxy) is 1. The summed E-state index contributed by atoms with van der Waals surface area (Å²) in [4.78, 5) is 38.3. The third-order valence-corrected chi connectivity index (χ3v) is 9.91. The number of hydrogen-bond acceptors (Lipinski definition) is 6. The van der Waals surface area contributed by atoms with E-state index in [2.05, 4.69) is 0 Å². The van der Waals surface area contributed by atoms with Gasteiger partial charge in [-0.15, -0.1) is 0 Å². The van der Waals surface area contributed by atoms with E-state index in [1.165, 1.54) is 6.08 Å². The minimum Gasteiger partial charge on any atom is -0.450 e. The molecule has 200 valence electrons. The third-order valence-electron chi connectivity index (χ3n) is 9.91. The van der Waals surface area contributed by atoms with Gasteiger partial charge in [0.15, 0.2) is 11.4 Å². The highest BCUT2D eigenvalue weighted by atomic mass is 19.1. The predicted octanol–water partition coefficient (Wildman–Crippen LogP) is 4.18. The van der Waals surface area contributed by atoms with Gasteiger partial charge in [0, 0.05) is 34.7 Å². The molecular weight excluding hydrogens is 470 g/mol.